The van der Waals surface area contributed by atoms with Crippen molar-refractivity contribution in [2.24, 2.45) is 0 Å². The van der Waals surface area contributed by atoms with Gasteiger partial charge in [-0.15, -0.1) is 11.3 Å². The van der Waals surface area contributed by atoms with Gasteiger partial charge in [-0.2, -0.15) is 0 Å². The van der Waals surface area contributed by atoms with Crippen molar-refractivity contribution in [1.29, 1.82) is 0 Å². The van der Waals surface area contributed by atoms with Crippen molar-refractivity contribution in [2.75, 3.05) is 6.61 Å². The molecule has 2 heterocycles. The molecule has 0 saturated carbocycles. The molecule has 1 atom stereocenters. The Hall–Kier alpha value is -3.27. The van der Waals surface area contributed by atoms with Crippen molar-refractivity contribution in [3.05, 3.63) is 61.0 Å². The van der Waals surface area contributed by atoms with Crippen LogP contribution in [-0.4, -0.2) is 27.5 Å². The number of aromatic nitrogens is 2. The van der Waals surface area contributed by atoms with E-state index in [-0.39, 0.29) is 23.7 Å². The maximum atomic E-state index is 12.3. The molecule has 3 rings (SSSR count). The summed E-state index contributed by atoms with van der Waals surface area (Å²) in [4.78, 5) is 43.1. The Morgan fingerprint density at radius 2 is 2.00 bits per heavy atom. The zero-order chi connectivity index (χ0) is 20.4. The number of carbonyl (C=O) groups excluding carboxylic acids is 1. The van der Waals surface area contributed by atoms with Gasteiger partial charge in [-0.25, -0.2) is 9.78 Å². The summed E-state index contributed by atoms with van der Waals surface area (Å²) in [5.41, 5.74) is 0.543. The van der Waals surface area contributed by atoms with E-state index in [9.17, 15) is 19.7 Å². The van der Waals surface area contributed by atoms with Gasteiger partial charge in [0.25, 0.3) is 11.2 Å². The van der Waals surface area contributed by atoms with Gasteiger partial charge >= 0.3 is 5.97 Å². The van der Waals surface area contributed by atoms with Gasteiger partial charge in [0, 0.05) is 17.0 Å². The fraction of sp³-hybridized carbons (Fsp3) is 0.278. The highest BCUT2D eigenvalue weighted by molar-refractivity contribution is 7.18. The monoisotopic (exact) mass is 403 g/mol. The Morgan fingerprint density at radius 1 is 1.32 bits per heavy atom. The molecule has 2 aromatic heterocycles. The van der Waals surface area contributed by atoms with Crippen LogP contribution >= 0.6 is 11.3 Å². The van der Waals surface area contributed by atoms with Gasteiger partial charge in [0.15, 0.2) is 18.5 Å². The number of nitrogens with one attached hydrogen (secondary N) is 1. The molecule has 146 valence electrons. The average molecular weight is 403 g/mol. The molecule has 0 unspecified atom stereocenters. The van der Waals surface area contributed by atoms with Crippen LogP contribution in [0.2, 0.25) is 0 Å². The zero-order valence-corrected chi connectivity index (χ0v) is 16.2. The molecule has 10 heteroatoms. The summed E-state index contributed by atoms with van der Waals surface area (Å²) in [5.74, 6) is -0.109. The molecule has 0 amide bonds. The van der Waals surface area contributed by atoms with Crippen LogP contribution in [0.25, 0.3) is 10.2 Å². The van der Waals surface area contributed by atoms with Crippen LogP contribution in [0, 0.1) is 24.0 Å². The normalized spacial score (nSPS) is 12.0. The molecule has 1 aromatic carbocycles. The molecule has 0 radical (unpaired) electrons. The van der Waals surface area contributed by atoms with E-state index in [2.05, 4.69) is 9.97 Å². The van der Waals surface area contributed by atoms with E-state index >= 15 is 0 Å². The number of hydrogen-bond donors (Lipinski definition) is 1. The van der Waals surface area contributed by atoms with Gasteiger partial charge in [0.2, 0.25) is 0 Å². The van der Waals surface area contributed by atoms with Crippen molar-refractivity contribution in [3.8, 4) is 5.75 Å². The number of nitro benzene ring substituents is 1. The van der Waals surface area contributed by atoms with E-state index in [1.165, 1.54) is 35.6 Å². The Bertz CT molecular complexity index is 1100. The highest BCUT2D eigenvalue weighted by atomic mass is 32.1. The predicted octanol–water partition coefficient (Wildman–Crippen LogP) is 3.19. The molecular formula is C18H17N3O6S. The van der Waals surface area contributed by atoms with E-state index in [4.69, 9.17) is 9.47 Å². The molecule has 3 aromatic rings. The van der Waals surface area contributed by atoms with E-state index in [1.807, 2.05) is 13.8 Å². The van der Waals surface area contributed by atoms with Crippen molar-refractivity contribution in [1.82, 2.24) is 9.97 Å². The second kappa shape index (κ2) is 7.77. The summed E-state index contributed by atoms with van der Waals surface area (Å²) in [6.07, 6.45) is -0.771. The number of hydrogen-bond acceptors (Lipinski definition) is 8. The van der Waals surface area contributed by atoms with Crippen molar-refractivity contribution in [2.45, 2.75) is 26.9 Å². The van der Waals surface area contributed by atoms with Crippen molar-refractivity contribution in [3.63, 3.8) is 0 Å². The summed E-state index contributed by atoms with van der Waals surface area (Å²) in [6, 6.07) is 5.34. The molecule has 0 fully saturated rings. The van der Waals surface area contributed by atoms with Crippen LogP contribution in [-0.2, 0) is 9.53 Å². The van der Waals surface area contributed by atoms with E-state index in [0.29, 0.717) is 16.0 Å². The predicted molar refractivity (Wildman–Crippen MR) is 103 cm³/mol. The van der Waals surface area contributed by atoms with Gasteiger partial charge in [-0.05, 0) is 38.5 Å². The number of carbonyl (C=O) groups is 1. The Balaban J connectivity index is 1.64. The van der Waals surface area contributed by atoms with E-state index in [0.717, 1.165) is 10.4 Å². The Kier molecular flexibility index (Phi) is 5.41. The topological polar surface area (TPSA) is 124 Å². The van der Waals surface area contributed by atoms with Crippen molar-refractivity contribution < 1.29 is 19.2 Å². The molecule has 0 aliphatic carbocycles. The van der Waals surface area contributed by atoms with Gasteiger partial charge in [-0.3, -0.25) is 14.9 Å². The minimum Gasteiger partial charge on any atom is -0.482 e. The number of aryl methyl sites for hydroxylation is 2. The summed E-state index contributed by atoms with van der Waals surface area (Å²) in [7, 11) is 0. The smallest absolute Gasteiger partial charge is 0.344 e. The molecule has 0 aliphatic heterocycles. The number of fused-ring (bicyclic) bond motifs is 1. The first kappa shape index (κ1) is 19.5. The second-order valence-electron chi connectivity index (χ2n) is 6.09. The maximum Gasteiger partial charge on any atom is 0.344 e. The first-order chi connectivity index (χ1) is 13.3. The number of benzene rings is 1. The third-order valence-electron chi connectivity index (χ3n) is 4.15. The fourth-order valence-corrected chi connectivity index (χ4v) is 3.59. The lowest BCUT2D eigenvalue weighted by Gasteiger charge is -2.13. The van der Waals surface area contributed by atoms with Crippen LogP contribution < -0.4 is 10.3 Å². The first-order valence-corrected chi connectivity index (χ1v) is 9.14. The molecule has 0 saturated heterocycles. The second-order valence-corrected chi connectivity index (χ2v) is 7.29. The van der Waals surface area contributed by atoms with Crippen LogP contribution in [0.4, 0.5) is 5.69 Å². The number of non-ortho nitro benzene ring substituents is 1. The van der Waals surface area contributed by atoms with E-state index in [1.54, 1.807) is 6.92 Å². The largest absolute Gasteiger partial charge is 0.482 e. The van der Waals surface area contributed by atoms with Gasteiger partial charge in [-0.1, -0.05) is 0 Å². The number of ether oxygens (including phenoxy) is 2. The number of esters is 1. The van der Waals surface area contributed by atoms with Gasteiger partial charge < -0.3 is 14.5 Å². The molecular weight excluding hydrogens is 386 g/mol. The Morgan fingerprint density at radius 3 is 2.64 bits per heavy atom. The summed E-state index contributed by atoms with van der Waals surface area (Å²) < 4.78 is 10.5. The summed E-state index contributed by atoms with van der Waals surface area (Å²) in [5, 5.41) is 11.2. The quantitative estimate of drug-likeness (QED) is 0.381. The first-order valence-electron chi connectivity index (χ1n) is 8.33. The lowest BCUT2D eigenvalue weighted by molar-refractivity contribution is -0.384. The third-order valence-corrected chi connectivity index (χ3v) is 5.26. The molecule has 0 bridgehead atoms. The fourth-order valence-electron chi connectivity index (χ4n) is 2.56. The number of rotatable bonds is 6. The zero-order valence-electron chi connectivity index (χ0n) is 15.3. The lowest BCUT2D eigenvalue weighted by atomic mass is 10.2. The third kappa shape index (κ3) is 4.01. The highest BCUT2D eigenvalue weighted by Gasteiger charge is 2.18. The Labute approximate surface area is 163 Å². The number of nitrogens with zero attached hydrogens (tertiary/aromatic N) is 2. The van der Waals surface area contributed by atoms with Gasteiger partial charge in [0.05, 0.1) is 10.3 Å². The molecule has 1 N–H and O–H groups in total. The van der Waals surface area contributed by atoms with Crippen molar-refractivity contribution >= 4 is 33.2 Å². The van der Waals surface area contributed by atoms with Crippen LogP contribution in [0.15, 0.2) is 29.1 Å². The van der Waals surface area contributed by atoms with Crippen LogP contribution in [0.5, 0.6) is 5.75 Å². The molecule has 28 heavy (non-hydrogen) atoms. The van der Waals surface area contributed by atoms with E-state index < -0.39 is 17.0 Å². The minimum atomic E-state index is -0.771. The number of H-pyrrole nitrogens is 1. The summed E-state index contributed by atoms with van der Waals surface area (Å²) in [6.45, 7) is 5.00. The number of thiophene rings is 1. The van der Waals surface area contributed by atoms with Gasteiger partial charge in [0.1, 0.15) is 10.6 Å². The number of nitro groups is 1. The average Bonchev–Trinajstić information content (AvgIpc) is 2.94. The van der Waals surface area contributed by atoms with Crippen LogP contribution in [0.1, 0.15) is 29.3 Å². The standard InChI is InChI=1S/C18H17N3O6S/c1-9-11(3)28-18-15(9)17(23)19-16(20-18)10(2)27-14(22)8-26-13-6-4-12(5-7-13)21(24)25/h4-7,10H,8H2,1-3H3,(H,19,20,23)/t10-/m1/s1. The molecule has 0 aliphatic rings. The van der Waals surface area contributed by atoms with Crippen LogP contribution in [0.3, 0.4) is 0 Å². The summed E-state index contributed by atoms with van der Waals surface area (Å²) >= 11 is 1.41. The lowest BCUT2D eigenvalue weighted by Crippen LogP contribution is -2.20. The highest BCUT2D eigenvalue weighted by Crippen LogP contribution is 2.27. The molecule has 0 spiro atoms. The number of aromatic amines is 1. The maximum absolute atomic E-state index is 12.3. The molecule has 9 nitrogen and oxygen atoms in total. The minimum absolute atomic E-state index is 0.0759. The SMILES string of the molecule is Cc1sc2nc([C@@H](C)OC(=O)COc3ccc([N+](=O)[O-])cc3)[nH]c(=O)c2c1C.